The number of aromatic carboxylic acids is 1. The fraction of sp³-hybridized carbons (Fsp3) is 0.320. The molecule has 2 aliphatic rings. The lowest BCUT2D eigenvalue weighted by atomic mass is 10.0. The van der Waals surface area contributed by atoms with Crippen LogP contribution in [0, 0.1) is 0 Å². The first kappa shape index (κ1) is 22.5. The number of hydrogen-bond acceptors (Lipinski definition) is 5. The summed E-state index contributed by atoms with van der Waals surface area (Å²) in [7, 11) is 0. The average molecular weight is 478 g/mol. The summed E-state index contributed by atoms with van der Waals surface area (Å²) < 4.78 is 7.59. The third-order valence-electron chi connectivity index (χ3n) is 6.43. The Morgan fingerprint density at radius 2 is 1.88 bits per heavy atom. The third-order valence-corrected chi connectivity index (χ3v) is 6.79. The molecular weight excluding hydrogens is 450 g/mol. The van der Waals surface area contributed by atoms with Crippen LogP contribution >= 0.6 is 12.2 Å². The maximum atomic E-state index is 11.3. The first-order valence-electron chi connectivity index (χ1n) is 11.4. The van der Waals surface area contributed by atoms with Crippen molar-refractivity contribution < 1.29 is 14.6 Å². The molecule has 2 saturated heterocycles. The van der Waals surface area contributed by atoms with E-state index in [0.717, 1.165) is 56.5 Å². The Kier molecular flexibility index (Phi) is 6.57. The summed E-state index contributed by atoms with van der Waals surface area (Å²) in [6.07, 6.45) is 3.80. The van der Waals surface area contributed by atoms with Crippen LogP contribution in [0.4, 0.5) is 0 Å². The molecule has 5 rings (SSSR count). The lowest BCUT2D eigenvalue weighted by Crippen LogP contribution is -2.42. The Morgan fingerprint density at radius 3 is 2.59 bits per heavy atom. The minimum Gasteiger partial charge on any atom is -0.478 e. The Hall–Kier alpha value is -3.27. The molecule has 176 valence electrons. The second-order valence-electron chi connectivity index (χ2n) is 8.43. The Bertz CT molecular complexity index is 1140. The van der Waals surface area contributed by atoms with Crippen LogP contribution in [0.15, 0.2) is 67.0 Å². The van der Waals surface area contributed by atoms with E-state index in [0.29, 0.717) is 5.11 Å². The molecule has 2 aliphatic heterocycles. The van der Waals surface area contributed by atoms with Crippen LogP contribution in [0.2, 0.25) is 0 Å². The molecule has 4 heterocycles. The molecule has 0 unspecified atom stereocenters. The minimum atomic E-state index is -0.936. The van der Waals surface area contributed by atoms with Crippen molar-refractivity contribution in [3.8, 4) is 5.69 Å². The number of pyridine rings is 1. The van der Waals surface area contributed by atoms with E-state index in [1.54, 1.807) is 18.3 Å². The zero-order valence-electron chi connectivity index (χ0n) is 18.7. The van der Waals surface area contributed by atoms with Crippen molar-refractivity contribution in [2.45, 2.75) is 12.1 Å². The van der Waals surface area contributed by atoms with Gasteiger partial charge in [0.1, 0.15) is 0 Å². The summed E-state index contributed by atoms with van der Waals surface area (Å²) in [5, 5.41) is 13.5. The van der Waals surface area contributed by atoms with Crippen LogP contribution < -0.4 is 5.32 Å². The predicted molar refractivity (Wildman–Crippen MR) is 132 cm³/mol. The summed E-state index contributed by atoms with van der Waals surface area (Å²) in [6, 6.07) is 16.8. The number of benzene rings is 1. The number of nitrogens with zero attached hydrogens (tertiary/aromatic N) is 4. The monoisotopic (exact) mass is 477 g/mol. The topological polar surface area (TPSA) is 82.9 Å². The highest BCUT2D eigenvalue weighted by Gasteiger charge is 2.41. The molecule has 0 aliphatic carbocycles. The molecule has 2 aromatic heterocycles. The van der Waals surface area contributed by atoms with Gasteiger partial charge in [0.25, 0.3) is 0 Å². The standard InChI is InChI=1S/C25H27N5O3S/c31-24(32)18-6-8-19(9-7-18)29-11-3-5-21(29)23-22(20-4-1-2-10-26-20)27-25(34)30(23)13-12-28-14-16-33-17-15-28/h1-11,22-23H,12-17H2,(H,27,34)(H,31,32)/t22-,23-/m0/s1. The number of aromatic nitrogens is 2. The van der Waals surface area contributed by atoms with E-state index in [1.165, 1.54) is 0 Å². The second kappa shape index (κ2) is 9.92. The van der Waals surface area contributed by atoms with Crippen molar-refractivity contribution in [1.82, 2.24) is 24.7 Å². The van der Waals surface area contributed by atoms with E-state index >= 15 is 0 Å². The van der Waals surface area contributed by atoms with Gasteiger partial charge in [-0.2, -0.15) is 0 Å². The number of rotatable bonds is 7. The van der Waals surface area contributed by atoms with Crippen molar-refractivity contribution >= 4 is 23.3 Å². The molecule has 2 N–H and O–H groups in total. The van der Waals surface area contributed by atoms with Gasteiger partial charge >= 0.3 is 5.97 Å². The van der Waals surface area contributed by atoms with E-state index in [-0.39, 0.29) is 17.6 Å². The fourth-order valence-corrected chi connectivity index (χ4v) is 5.01. The van der Waals surface area contributed by atoms with E-state index in [4.69, 9.17) is 17.0 Å². The summed E-state index contributed by atoms with van der Waals surface area (Å²) in [5.41, 5.74) is 3.15. The van der Waals surface area contributed by atoms with Gasteiger partial charge < -0.3 is 24.6 Å². The van der Waals surface area contributed by atoms with Gasteiger partial charge in [-0.1, -0.05) is 6.07 Å². The van der Waals surface area contributed by atoms with E-state index in [1.807, 2.05) is 42.6 Å². The highest BCUT2D eigenvalue weighted by Crippen LogP contribution is 2.39. The van der Waals surface area contributed by atoms with Crippen LogP contribution in [0.3, 0.4) is 0 Å². The number of morpholine rings is 1. The first-order valence-corrected chi connectivity index (χ1v) is 11.8. The van der Waals surface area contributed by atoms with Gasteiger partial charge in [-0.3, -0.25) is 9.88 Å². The van der Waals surface area contributed by atoms with Crippen molar-refractivity contribution in [3.05, 3.63) is 83.9 Å². The maximum absolute atomic E-state index is 11.3. The Labute approximate surface area is 203 Å². The normalized spacial score (nSPS) is 20.9. The molecule has 2 fully saturated rings. The Balaban J connectivity index is 1.49. The van der Waals surface area contributed by atoms with Crippen LogP contribution in [-0.2, 0) is 4.74 Å². The number of thiocarbonyl (C=S) groups is 1. The van der Waals surface area contributed by atoms with Crippen LogP contribution in [0.25, 0.3) is 5.69 Å². The smallest absolute Gasteiger partial charge is 0.335 e. The summed E-state index contributed by atoms with van der Waals surface area (Å²) >= 11 is 5.81. The van der Waals surface area contributed by atoms with Crippen LogP contribution in [0.5, 0.6) is 0 Å². The third kappa shape index (κ3) is 4.54. The molecule has 2 atom stereocenters. The molecule has 8 nitrogen and oxygen atoms in total. The minimum absolute atomic E-state index is 0.0717. The highest BCUT2D eigenvalue weighted by molar-refractivity contribution is 7.80. The van der Waals surface area contributed by atoms with Crippen molar-refractivity contribution in [2.75, 3.05) is 39.4 Å². The lowest BCUT2D eigenvalue weighted by molar-refractivity contribution is 0.0349. The molecule has 1 aromatic carbocycles. The van der Waals surface area contributed by atoms with Crippen LogP contribution in [0.1, 0.15) is 33.8 Å². The largest absolute Gasteiger partial charge is 0.478 e. The first-order chi connectivity index (χ1) is 16.6. The van der Waals surface area contributed by atoms with E-state index in [9.17, 15) is 9.90 Å². The maximum Gasteiger partial charge on any atom is 0.335 e. The molecule has 34 heavy (non-hydrogen) atoms. The second-order valence-corrected chi connectivity index (χ2v) is 8.82. The quantitative estimate of drug-likeness (QED) is 0.503. The molecule has 0 saturated carbocycles. The van der Waals surface area contributed by atoms with Crippen molar-refractivity contribution in [3.63, 3.8) is 0 Å². The van der Waals surface area contributed by atoms with Gasteiger partial charge in [-0.25, -0.2) is 4.79 Å². The number of carboxylic acids is 1. The van der Waals surface area contributed by atoms with Gasteiger partial charge in [-0.05, 0) is 60.7 Å². The van der Waals surface area contributed by atoms with Gasteiger partial charge in [0, 0.05) is 50.0 Å². The summed E-state index contributed by atoms with van der Waals surface area (Å²) in [6.45, 7) is 5.05. The molecule has 9 heteroatoms. The lowest BCUT2D eigenvalue weighted by Gasteiger charge is -2.32. The zero-order valence-corrected chi connectivity index (χ0v) is 19.5. The molecule has 3 aromatic rings. The number of ether oxygens (including phenoxy) is 1. The Morgan fingerprint density at radius 1 is 1.09 bits per heavy atom. The van der Waals surface area contributed by atoms with E-state index in [2.05, 4.69) is 30.7 Å². The van der Waals surface area contributed by atoms with Crippen molar-refractivity contribution in [1.29, 1.82) is 0 Å². The molecule has 0 bridgehead atoms. The molecule has 0 amide bonds. The molecular formula is C25H27N5O3S. The number of hydrogen-bond donors (Lipinski definition) is 2. The zero-order chi connectivity index (χ0) is 23.5. The predicted octanol–water partition coefficient (Wildman–Crippen LogP) is 2.88. The summed E-state index contributed by atoms with van der Waals surface area (Å²) in [5.74, 6) is -0.936. The summed E-state index contributed by atoms with van der Waals surface area (Å²) in [4.78, 5) is 20.6. The fourth-order valence-electron chi connectivity index (χ4n) is 4.68. The number of nitrogens with one attached hydrogen (secondary N) is 1. The van der Waals surface area contributed by atoms with Gasteiger partial charge in [0.05, 0.1) is 36.6 Å². The van der Waals surface area contributed by atoms with Crippen LogP contribution in [-0.4, -0.2) is 74.9 Å². The number of carbonyl (C=O) groups is 1. The molecule has 0 spiro atoms. The molecule has 0 radical (unpaired) electrons. The van der Waals surface area contributed by atoms with Gasteiger partial charge in [0.15, 0.2) is 5.11 Å². The van der Waals surface area contributed by atoms with Gasteiger partial charge in [0.2, 0.25) is 0 Å². The SMILES string of the molecule is O=C(O)c1ccc(-n2cccc2[C@H]2[C@H](c3ccccn3)NC(=S)N2CCN2CCOCC2)cc1. The van der Waals surface area contributed by atoms with E-state index < -0.39 is 5.97 Å². The average Bonchev–Trinajstić information content (AvgIpc) is 3.48. The number of carboxylic acid groups (broad SMARTS) is 1. The highest BCUT2D eigenvalue weighted by atomic mass is 32.1. The van der Waals surface area contributed by atoms with Crippen molar-refractivity contribution in [2.24, 2.45) is 0 Å². The van der Waals surface area contributed by atoms with Gasteiger partial charge in [-0.15, -0.1) is 0 Å².